The first-order chi connectivity index (χ1) is 14.1. The number of ether oxygens (including phenoxy) is 1. The van der Waals surface area contributed by atoms with Gasteiger partial charge in [-0.25, -0.2) is 0 Å². The summed E-state index contributed by atoms with van der Waals surface area (Å²) in [6, 6.07) is 7.18. The molecule has 0 bridgehead atoms. The highest BCUT2D eigenvalue weighted by molar-refractivity contribution is 6.55. The zero-order valence-electron chi connectivity index (χ0n) is 17.4. The Labute approximate surface area is 179 Å². The number of hydrogen-bond acceptors (Lipinski definition) is 3. The van der Waals surface area contributed by atoms with Crippen LogP contribution in [0.5, 0.6) is 5.75 Å². The Balaban J connectivity index is 1.76. The topological polar surface area (TPSA) is 46.6 Å². The van der Waals surface area contributed by atoms with Crippen molar-refractivity contribution in [3.05, 3.63) is 34.9 Å². The number of amides is 2. The molecule has 0 aromatic heterocycles. The van der Waals surface area contributed by atoms with Gasteiger partial charge in [0.15, 0.2) is 0 Å². The molecule has 1 aliphatic carbocycles. The zero-order valence-corrected chi connectivity index (χ0v) is 18.2. The van der Waals surface area contributed by atoms with E-state index in [2.05, 4.69) is 0 Å². The van der Waals surface area contributed by atoms with Crippen LogP contribution in [0.4, 0.5) is 0 Å². The molecule has 0 saturated heterocycles. The summed E-state index contributed by atoms with van der Waals surface area (Å²) >= 11 is 6.39. The number of imide groups is 1. The van der Waals surface area contributed by atoms with E-state index in [1.165, 1.54) is 49.8 Å². The Hall–Kier alpha value is -1.81. The predicted molar refractivity (Wildman–Crippen MR) is 117 cm³/mol. The van der Waals surface area contributed by atoms with Gasteiger partial charge in [0.2, 0.25) is 0 Å². The molecule has 2 aliphatic rings. The van der Waals surface area contributed by atoms with Gasteiger partial charge in [-0.2, -0.15) is 0 Å². The Morgan fingerprint density at radius 1 is 0.862 bits per heavy atom. The minimum absolute atomic E-state index is 0.0466. The third kappa shape index (κ3) is 5.42. The van der Waals surface area contributed by atoms with E-state index >= 15 is 0 Å². The molecular weight excluding hydrogens is 386 g/mol. The van der Waals surface area contributed by atoms with Crippen molar-refractivity contribution in [1.29, 1.82) is 0 Å². The van der Waals surface area contributed by atoms with Crippen LogP contribution in [0.2, 0.25) is 0 Å². The maximum absolute atomic E-state index is 13.2. The molecule has 1 saturated carbocycles. The summed E-state index contributed by atoms with van der Waals surface area (Å²) in [6.07, 6.45) is 12.6. The molecular formula is C24H32ClNO3. The van der Waals surface area contributed by atoms with Crippen molar-refractivity contribution in [3.63, 3.8) is 0 Å². The van der Waals surface area contributed by atoms with Crippen LogP contribution in [0.15, 0.2) is 29.3 Å². The average Bonchev–Trinajstić information content (AvgIpc) is 2.92. The van der Waals surface area contributed by atoms with E-state index < -0.39 is 0 Å². The summed E-state index contributed by atoms with van der Waals surface area (Å²) in [7, 11) is 0. The molecule has 158 valence electrons. The Morgan fingerprint density at radius 2 is 1.38 bits per heavy atom. The largest absolute Gasteiger partial charge is 0.494 e. The van der Waals surface area contributed by atoms with Gasteiger partial charge in [-0.1, -0.05) is 81.5 Å². The lowest BCUT2D eigenvalue weighted by Gasteiger charge is -2.27. The van der Waals surface area contributed by atoms with E-state index in [1.807, 2.05) is 19.1 Å². The summed E-state index contributed by atoms with van der Waals surface area (Å²) in [5, 5.41) is 0.0466. The van der Waals surface area contributed by atoms with Gasteiger partial charge in [0.1, 0.15) is 10.8 Å². The lowest BCUT2D eigenvalue weighted by Crippen LogP contribution is -2.41. The Kier molecular flexibility index (Phi) is 8.17. The number of rotatable bonds is 4. The molecule has 5 heteroatoms. The van der Waals surface area contributed by atoms with Gasteiger partial charge in [-0.15, -0.1) is 0 Å². The molecule has 0 spiro atoms. The zero-order chi connectivity index (χ0) is 20.6. The number of hydrogen-bond donors (Lipinski definition) is 0. The van der Waals surface area contributed by atoms with Crippen molar-refractivity contribution in [2.24, 2.45) is 0 Å². The Morgan fingerprint density at radius 3 is 1.90 bits per heavy atom. The molecule has 29 heavy (non-hydrogen) atoms. The van der Waals surface area contributed by atoms with Crippen LogP contribution in [0, 0.1) is 0 Å². The molecule has 0 radical (unpaired) electrons. The molecule has 4 nitrogen and oxygen atoms in total. The van der Waals surface area contributed by atoms with Gasteiger partial charge >= 0.3 is 0 Å². The molecule has 1 heterocycles. The summed E-state index contributed by atoms with van der Waals surface area (Å²) in [5.41, 5.74) is 0.998. The van der Waals surface area contributed by atoms with Crippen molar-refractivity contribution in [1.82, 2.24) is 4.90 Å². The highest BCUT2D eigenvalue weighted by atomic mass is 35.5. The second-order valence-corrected chi connectivity index (χ2v) is 8.42. The lowest BCUT2D eigenvalue weighted by molar-refractivity contribution is -0.139. The minimum Gasteiger partial charge on any atom is -0.494 e. The van der Waals surface area contributed by atoms with E-state index in [4.69, 9.17) is 16.3 Å². The maximum Gasteiger partial charge on any atom is 0.273 e. The number of halogens is 1. The minimum atomic E-state index is -0.336. The Bertz CT molecular complexity index is 729. The van der Waals surface area contributed by atoms with E-state index in [9.17, 15) is 9.59 Å². The van der Waals surface area contributed by atoms with Gasteiger partial charge in [0, 0.05) is 6.04 Å². The smallest absolute Gasteiger partial charge is 0.273 e. The van der Waals surface area contributed by atoms with Gasteiger partial charge in [0.25, 0.3) is 11.8 Å². The first-order valence-electron chi connectivity index (χ1n) is 11.1. The monoisotopic (exact) mass is 417 g/mol. The summed E-state index contributed by atoms with van der Waals surface area (Å²) in [5.74, 6) is 0.153. The fraction of sp³-hybridized carbons (Fsp3) is 0.583. The van der Waals surface area contributed by atoms with Crippen molar-refractivity contribution in [2.75, 3.05) is 6.61 Å². The number of benzene rings is 1. The SMILES string of the molecule is CCOc1ccc(C2=C(Cl)C(=O)N(C3CCCCCCCCCCC3)C2=O)cc1. The van der Waals surface area contributed by atoms with E-state index in [-0.39, 0.29) is 22.9 Å². The van der Waals surface area contributed by atoms with Crippen molar-refractivity contribution in [3.8, 4) is 5.75 Å². The summed E-state index contributed by atoms with van der Waals surface area (Å²) < 4.78 is 5.47. The van der Waals surface area contributed by atoms with E-state index in [0.717, 1.165) is 31.4 Å². The van der Waals surface area contributed by atoms with Gasteiger partial charge in [-0.3, -0.25) is 14.5 Å². The van der Waals surface area contributed by atoms with Crippen molar-refractivity contribution < 1.29 is 14.3 Å². The van der Waals surface area contributed by atoms with Gasteiger partial charge in [0.05, 0.1) is 12.2 Å². The first-order valence-corrected chi connectivity index (χ1v) is 11.5. The van der Waals surface area contributed by atoms with Crippen LogP contribution < -0.4 is 4.74 Å². The third-order valence-electron chi connectivity index (χ3n) is 5.95. The van der Waals surface area contributed by atoms with Crippen LogP contribution in [0.3, 0.4) is 0 Å². The second kappa shape index (κ2) is 10.8. The van der Waals surface area contributed by atoms with Gasteiger partial charge in [-0.05, 0) is 37.5 Å². The average molecular weight is 418 g/mol. The standard InChI is InChI=1S/C24H32ClNO3/c1-2-29-20-16-14-18(15-17-20)21-22(25)24(28)26(23(21)27)19-12-10-8-6-4-3-5-7-9-11-13-19/h14-17,19H,2-13H2,1H3. The van der Waals surface area contributed by atoms with Crippen molar-refractivity contribution >= 4 is 29.0 Å². The second-order valence-electron chi connectivity index (χ2n) is 8.04. The van der Waals surface area contributed by atoms with Crippen LogP contribution in [-0.4, -0.2) is 29.4 Å². The van der Waals surface area contributed by atoms with Crippen LogP contribution in [0.25, 0.3) is 5.57 Å². The molecule has 1 aromatic carbocycles. The maximum atomic E-state index is 13.2. The summed E-state index contributed by atoms with van der Waals surface area (Å²) in [4.78, 5) is 27.6. The van der Waals surface area contributed by atoms with Gasteiger partial charge < -0.3 is 4.74 Å². The van der Waals surface area contributed by atoms with E-state index in [1.54, 1.807) is 12.1 Å². The molecule has 0 unspecified atom stereocenters. The molecule has 1 aromatic rings. The highest BCUT2D eigenvalue weighted by Crippen LogP contribution is 2.35. The fourth-order valence-corrected chi connectivity index (χ4v) is 4.67. The summed E-state index contributed by atoms with van der Waals surface area (Å²) in [6.45, 7) is 2.50. The van der Waals surface area contributed by atoms with Crippen LogP contribution in [0.1, 0.15) is 83.1 Å². The lowest BCUT2D eigenvalue weighted by atomic mass is 9.96. The number of carbonyl (C=O) groups excluding carboxylic acids is 2. The fourth-order valence-electron chi connectivity index (χ4n) is 4.39. The molecule has 1 fully saturated rings. The van der Waals surface area contributed by atoms with Crippen molar-refractivity contribution in [2.45, 2.75) is 83.6 Å². The predicted octanol–water partition coefficient (Wildman–Crippen LogP) is 6.08. The quantitative estimate of drug-likeness (QED) is 0.558. The number of carbonyl (C=O) groups is 2. The molecule has 3 rings (SSSR count). The van der Waals surface area contributed by atoms with Crippen LogP contribution in [-0.2, 0) is 9.59 Å². The molecule has 2 amide bonds. The third-order valence-corrected chi connectivity index (χ3v) is 6.30. The highest BCUT2D eigenvalue weighted by Gasteiger charge is 2.41. The molecule has 1 aliphatic heterocycles. The first kappa shape index (κ1) is 21.9. The van der Waals surface area contributed by atoms with Crippen LogP contribution >= 0.6 is 11.6 Å². The molecule has 0 atom stereocenters. The van der Waals surface area contributed by atoms with E-state index in [0.29, 0.717) is 17.7 Å². The molecule has 0 N–H and O–H groups in total. The normalized spacial score (nSPS) is 20.6. The number of nitrogens with zero attached hydrogens (tertiary/aromatic N) is 1.